The number of methoxy groups -OCH3 is 1. The van der Waals surface area contributed by atoms with Crippen LogP contribution in [0.1, 0.15) is 95.0 Å². The third-order valence-corrected chi connectivity index (χ3v) is 10.00. The number of hydrogen-bond acceptors (Lipinski definition) is 9. The number of ether oxygens (including phenoxy) is 4. The zero-order chi connectivity index (χ0) is 38.2. The average Bonchev–Trinajstić information content (AvgIpc) is 3.05. The number of hydrogen-bond donors (Lipinski definition) is 1. The molecule has 0 fully saturated rings. The van der Waals surface area contributed by atoms with Crippen LogP contribution < -0.4 is 14.2 Å². The van der Waals surface area contributed by atoms with Crippen LogP contribution in [0.25, 0.3) is 0 Å². The summed E-state index contributed by atoms with van der Waals surface area (Å²) in [4.78, 5) is 64.4. The third kappa shape index (κ3) is 7.19. The van der Waals surface area contributed by atoms with Crippen LogP contribution in [0.15, 0.2) is 35.6 Å². The topological polar surface area (TPSA) is 142 Å². The molecule has 51 heavy (non-hydrogen) atoms. The number of allylic oxidation sites excluding steroid dienone is 2. The maximum Gasteiger partial charge on any atom is 0.345 e. The number of ketones is 1. The highest BCUT2D eigenvalue weighted by Gasteiger charge is 2.34. The van der Waals surface area contributed by atoms with E-state index in [4.69, 9.17) is 30.5 Å². The van der Waals surface area contributed by atoms with Crippen molar-refractivity contribution in [2.45, 2.75) is 75.7 Å². The first-order valence-corrected chi connectivity index (χ1v) is 16.6. The summed E-state index contributed by atoms with van der Waals surface area (Å²) < 4.78 is 22.8. The molecule has 1 unspecified atom stereocenters. The largest absolute Gasteiger partial charge is 0.500 e. The maximum atomic E-state index is 13.7. The number of rotatable bonds is 9. The number of aryl methyl sites for hydroxylation is 2. The Bertz CT molecular complexity index is 2070. The molecular formula is C40H41ClO10. The molecule has 0 aromatic heterocycles. The molecule has 0 saturated carbocycles. The van der Waals surface area contributed by atoms with Gasteiger partial charge in [-0.05, 0) is 137 Å². The van der Waals surface area contributed by atoms with Gasteiger partial charge in [-0.2, -0.15) is 0 Å². The van der Waals surface area contributed by atoms with Crippen molar-refractivity contribution in [2.75, 3.05) is 7.11 Å². The van der Waals surface area contributed by atoms with Crippen LogP contribution in [0.5, 0.6) is 17.2 Å². The van der Waals surface area contributed by atoms with E-state index >= 15 is 0 Å². The van der Waals surface area contributed by atoms with Crippen molar-refractivity contribution in [3.05, 3.63) is 107 Å². The minimum atomic E-state index is -1.04. The standard InChI is InChI=1S/C40H41ClO10/c1-12-27-24(9)32(37(43)44)20(5)23(8)36(27)51-38(45)28-14-18(3)29(15-17(28)2)49-40(47)33-21(6)22(7)35(25(10)34(33)41)50-39(46)31-19(4)13-26(42)16-30(31)48-11/h13-16,31H,12H2,1-11H3,(H,43,44). The predicted octanol–water partition coefficient (Wildman–Crippen LogP) is 8.09. The number of halogens is 1. The second-order valence-electron chi connectivity index (χ2n) is 12.7. The van der Waals surface area contributed by atoms with Crippen molar-refractivity contribution in [1.82, 2.24) is 0 Å². The van der Waals surface area contributed by atoms with E-state index in [0.717, 1.165) is 0 Å². The van der Waals surface area contributed by atoms with E-state index in [1.54, 1.807) is 74.4 Å². The number of carboxylic acid groups (broad SMARTS) is 1. The maximum absolute atomic E-state index is 13.7. The van der Waals surface area contributed by atoms with Crippen molar-refractivity contribution in [3.63, 3.8) is 0 Å². The average molecular weight is 717 g/mol. The van der Waals surface area contributed by atoms with Gasteiger partial charge in [0.25, 0.3) is 0 Å². The van der Waals surface area contributed by atoms with Crippen molar-refractivity contribution >= 4 is 41.3 Å². The minimum absolute atomic E-state index is 0.0377. The fourth-order valence-corrected chi connectivity index (χ4v) is 6.72. The molecule has 0 spiro atoms. The first-order chi connectivity index (χ1) is 23.9. The molecule has 4 rings (SSSR count). The van der Waals surface area contributed by atoms with E-state index in [1.807, 2.05) is 6.92 Å². The predicted molar refractivity (Wildman–Crippen MR) is 191 cm³/mol. The van der Waals surface area contributed by atoms with Gasteiger partial charge in [-0.25, -0.2) is 14.4 Å². The van der Waals surface area contributed by atoms with Gasteiger partial charge in [0.15, 0.2) is 5.78 Å². The molecule has 3 aromatic carbocycles. The molecule has 3 aromatic rings. The van der Waals surface area contributed by atoms with Crippen molar-refractivity contribution in [1.29, 1.82) is 0 Å². The summed E-state index contributed by atoms with van der Waals surface area (Å²) in [5.41, 5.74) is 5.48. The smallest absolute Gasteiger partial charge is 0.345 e. The van der Waals surface area contributed by atoms with Crippen molar-refractivity contribution in [2.24, 2.45) is 5.92 Å². The molecule has 0 radical (unpaired) electrons. The summed E-state index contributed by atoms with van der Waals surface area (Å²) in [6, 6.07) is 3.13. The molecule has 0 aliphatic heterocycles. The number of carbonyl (C=O) groups is 5. The molecule has 1 atom stereocenters. The number of carbonyl (C=O) groups excluding carboxylic acids is 4. The normalized spacial score (nSPS) is 14.0. The van der Waals surface area contributed by atoms with Gasteiger partial charge < -0.3 is 24.1 Å². The summed E-state index contributed by atoms with van der Waals surface area (Å²) in [6.07, 6.45) is 3.04. The van der Waals surface area contributed by atoms with Gasteiger partial charge >= 0.3 is 23.9 Å². The zero-order valence-corrected chi connectivity index (χ0v) is 31.3. The molecule has 10 nitrogen and oxygen atoms in total. The number of carboxylic acids is 1. The van der Waals surface area contributed by atoms with Gasteiger partial charge in [0.1, 0.15) is 28.9 Å². The van der Waals surface area contributed by atoms with Gasteiger partial charge in [0, 0.05) is 11.6 Å². The lowest BCUT2D eigenvalue weighted by Gasteiger charge is -2.23. The molecule has 0 bridgehead atoms. The highest BCUT2D eigenvalue weighted by Crippen LogP contribution is 2.39. The van der Waals surface area contributed by atoms with Gasteiger partial charge in [-0.15, -0.1) is 0 Å². The number of aromatic carboxylic acids is 1. The number of benzene rings is 3. The second kappa shape index (κ2) is 14.9. The summed E-state index contributed by atoms with van der Waals surface area (Å²) in [6.45, 7) is 17.0. The van der Waals surface area contributed by atoms with Crippen LogP contribution in [-0.4, -0.2) is 41.9 Å². The Hall–Kier alpha value is -5.22. The molecule has 0 saturated heterocycles. The fourth-order valence-electron chi connectivity index (χ4n) is 6.41. The Morgan fingerprint density at radius 2 is 1.33 bits per heavy atom. The lowest BCUT2D eigenvalue weighted by atomic mass is 9.91. The molecular weight excluding hydrogens is 676 g/mol. The first-order valence-electron chi connectivity index (χ1n) is 16.3. The van der Waals surface area contributed by atoms with E-state index in [2.05, 4.69) is 0 Å². The molecule has 268 valence electrons. The molecule has 1 aliphatic rings. The lowest BCUT2D eigenvalue weighted by Crippen LogP contribution is -2.28. The van der Waals surface area contributed by atoms with E-state index in [9.17, 15) is 29.1 Å². The van der Waals surface area contributed by atoms with Crippen molar-refractivity contribution < 1.29 is 48.0 Å². The van der Waals surface area contributed by atoms with Crippen LogP contribution in [0.4, 0.5) is 0 Å². The Labute approximate surface area is 302 Å². The zero-order valence-electron chi connectivity index (χ0n) is 30.6. The molecule has 11 heteroatoms. The Kier molecular flexibility index (Phi) is 11.3. The lowest BCUT2D eigenvalue weighted by molar-refractivity contribution is -0.137. The van der Waals surface area contributed by atoms with Gasteiger partial charge in [-0.1, -0.05) is 18.5 Å². The van der Waals surface area contributed by atoms with Crippen LogP contribution in [0.2, 0.25) is 5.02 Å². The van der Waals surface area contributed by atoms with E-state index in [-0.39, 0.29) is 44.8 Å². The Balaban J connectivity index is 1.62. The SMILES string of the molecule is CCc1c(C)c(C(=O)O)c(C)c(C)c1OC(=O)c1cc(C)c(OC(=O)c2c(C)c(C)c(OC(=O)C3C(C)=CC(=O)C=C3OC)c(C)c2Cl)cc1C. The van der Waals surface area contributed by atoms with E-state index in [1.165, 1.54) is 19.3 Å². The van der Waals surface area contributed by atoms with Crippen LogP contribution in [0, 0.1) is 61.3 Å². The summed E-state index contributed by atoms with van der Waals surface area (Å²) >= 11 is 6.73. The first kappa shape index (κ1) is 38.6. The van der Waals surface area contributed by atoms with Crippen LogP contribution in [-0.2, 0) is 20.7 Å². The molecule has 1 aliphatic carbocycles. The molecule has 0 heterocycles. The van der Waals surface area contributed by atoms with Crippen molar-refractivity contribution in [3.8, 4) is 17.2 Å². The Morgan fingerprint density at radius 1 is 0.725 bits per heavy atom. The minimum Gasteiger partial charge on any atom is -0.500 e. The summed E-state index contributed by atoms with van der Waals surface area (Å²) in [7, 11) is 1.37. The number of esters is 3. The highest BCUT2D eigenvalue weighted by atomic mass is 35.5. The van der Waals surface area contributed by atoms with E-state index < -0.39 is 29.8 Å². The third-order valence-electron chi connectivity index (χ3n) is 9.53. The van der Waals surface area contributed by atoms with Crippen LogP contribution >= 0.6 is 11.6 Å². The highest BCUT2D eigenvalue weighted by molar-refractivity contribution is 6.35. The second-order valence-corrected chi connectivity index (χ2v) is 13.1. The summed E-state index contributed by atoms with van der Waals surface area (Å²) in [5, 5.41) is 9.80. The fraction of sp³-hybridized carbons (Fsp3) is 0.325. The quantitative estimate of drug-likeness (QED) is 0.171. The monoisotopic (exact) mass is 716 g/mol. The van der Waals surface area contributed by atoms with Crippen LogP contribution in [0.3, 0.4) is 0 Å². The van der Waals surface area contributed by atoms with Gasteiger partial charge in [0.2, 0.25) is 0 Å². The Morgan fingerprint density at radius 3 is 1.92 bits per heavy atom. The van der Waals surface area contributed by atoms with Gasteiger partial charge in [-0.3, -0.25) is 9.59 Å². The molecule has 1 N–H and O–H groups in total. The molecule has 0 amide bonds. The summed E-state index contributed by atoms with van der Waals surface area (Å²) in [5.74, 6) is -3.45. The van der Waals surface area contributed by atoms with Gasteiger partial charge in [0.05, 0.1) is 28.8 Å². The van der Waals surface area contributed by atoms with E-state index in [0.29, 0.717) is 67.8 Å².